The summed E-state index contributed by atoms with van der Waals surface area (Å²) in [5.41, 5.74) is 2.10. The SMILES string of the molecule is Cc1cc(C)n(CCNC(=O)C2CN(c3cc(-n4cccn4)ncn3)C2)n1. The van der Waals surface area contributed by atoms with Gasteiger partial charge in [0.25, 0.3) is 0 Å². The van der Waals surface area contributed by atoms with Crippen LogP contribution in [0.4, 0.5) is 5.82 Å². The predicted molar refractivity (Wildman–Crippen MR) is 99.6 cm³/mol. The number of carbonyl (C=O) groups excluding carboxylic acids is 1. The molecule has 9 heteroatoms. The number of amides is 1. The van der Waals surface area contributed by atoms with Crippen molar-refractivity contribution in [2.45, 2.75) is 20.4 Å². The van der Waals surface area contributed by atoms with E-state index in [0.29, 0.717) is 32.0 Å². The Bertz CT molecular complexity index is 927. The fourth-order valence-corrected chi connectivity index (χ4v) is 3.20. The summed E-state index contributed by atoms with van der Waals surface area (Å²) >= 11 is 0. The fourth-order valence-electron chi connectivity index (χ4n) is 3.20. The molecule has 0 spiro atoms. The number of nitrogens with zero attached hydrogens (tertiary/aromatic N) is 7. The largest absolute Gasteiger partial charge is 0.355 e. The molecule has 0 radical (unpaired) electrons. The number of rotatable bonds is 6. The van der Waals surface area contributed by atoms with E-state index >= 15 is 0 Å². The van der Waals surface area contributed by atoms with Crippen molar-refractivity contribution in [1.82, 2.24) is 34.8 Å². The molecule has 1 saturated heterocycles. The van der Waals surface area contributed by atoms with Crippen LogP contribution < -0.4 is 10.2 Å². The monoisotopic (exact) mass is 366 g/mol. The molecule has 0 aliphatic carbocycles. The maximum absolute atomic E-state index is 12.3. The van der Waals surface area contributed by atoms with Crippen LogP contribution >= 0.6 is 0 Å². The van der Waals surface area contributed by atoms with Gasteiger partial charge in [-0.1, -0.05) is 0 Å². The Hall–Kier alpha value is -3.23. The first-order valence-corrected chi connectivity index (χ1v) is 8.96. The number of hydrogen-bond acceptors (Lipinski definition) is 6. The van der Waals surface area contributed by atoms with Gasteiger partial charge >= 0.3 is 0 Å². The van der Waals surface area contributed by atoms with Crippen LogP contribution in [0, 0.1) is 19.8 Å². The Labute approximate surface area is 157 Å². The Morgan fingerprint density at radius 3 is 2.74 bits per heavy atom. The molecule has 1 fully saturated rings. The van der Waals surface area contributed by atoms with E-state index in [-0.39, 0.29) is 11.8 Å². The van der Waals surface area contributed by atoms with Crippen molar-refractivity contribution in [3.63, 3.8) is 0 Å². The van der Waals surface area contributed by atoms with Crippen molar-refractivity contribution in [2.75, 3.05) is 24.5 Å². The molecular weight excluding hydrogens is 344 g/mol. The van der Waals surface area contributed by atoms with Crippen LogP contribution in [-0.2, 0) is 11.3 Å². The Morgan fingerprint density at radius 2 is 2.04 bits per heavy atom. The van der Waals surface area contributed by atoms with Crippen LogP contribution in [0.3, 0.4) is 0 Å². The van der Waals surface area contributed by atoms with Gasteiger partial charge < -0.3 is 10.2 Å². The maximum Gasteiger partial charge on any atom is 0.226 e. The van der Waals surface area contributed by atoms with E-state index in [1.54, 1.807) is 10.9 Å². The quantitative estimate of drug-likeness (QED) is 0.691. The zero-order valence-corrected chi connectivity index (χ0v) is 15.4. The van der Waals surface area contributed by atoms with E-state index < -0.39 is 0 Å². The average Bonchev–Trinajstić information content (AvgIpc) is 3.24. The summed E-state index contributed by atoms with van der Waals surface area (Å²) in [4.78, 5) is 22.9. The lowest BCUT2D eigenvalue weighted by Crippen LogP contribution is -2.54. The second-order valence-electron chi connectivity index (χ2n) is 6.73. The molecule has 140 valence electrons. The van der Waals surface area contributed by atoms with Crippen molar-refractivity contribution >= 4 is 11.7 Å². The van der Waals surface area contributed by atoms with E-state index in [1.807, 2.05) is 42.9 Å². The summed E-state index contributed by atoms with van der Waals surface area (Å²) in [6, 6.07) is 5.76. The van der Waals surface area contributed by atoms with E-state index in [0.717, 1.165) is 17.2 Å². The van der Waals surface area contributed by atoms with Crippen molar-refractivity contribution < 1.29 is 4.79 Å². The van der Waals surface area contributed by atoms with Gasteiger partial charge in [-0.25, -0.2) is 14.6 Å². The minimum absolute atomic E-state index is 0.0198. The normalized spacial score (nSPS) is 14.2. The Morgan fingerprint density at radius 1 is 1.22 bits per heavy atom. The molecule has 0 unspecified atom stereocenters. The van der Waals surface area contributed by atoms with Gasteiger partial charge in [0.2, 0.25) is 5.91 Å². The number of nitrogens with one attached hydrogen (secondary N) is 1. The van der Waals surface area contributed by atoms with Gasteiger partial charge in [0.1, 0.15) is 12.1 Å². The van der Waals surface area contributed by atoms with Crippen LogP contribution in [0.15, 0.2) is 36.9 Å². The summed E-state index contributed by atoms with van der Waals surface area (Å²) in [5, 5.41) is 11.6. The molecule has 1 N–H and O–H groups in total. The number of aromatic nitrogens is 6. The summed E-state index contributed by atoms with van der Waals surface area (Å²) < 4.78 is 3.61. The zero-order chi connectivity index (χ0) is 18.8. The van der Waals surface area contributed by atoms with Crippen molar-refractivity contribution in [3.8, 4) is 5.82 Å². The van der Waals surface area contributed by atoms with Crippen molar-refractivity contribution in [1.29, 1.82) is 0 Å². The second kappa shape index (κ2) is 7.18. The van der Waals surface area contributed by atoms with Crippen molar-refractivity contribution in [2.24, 2.45) is 5.92 Å². The molecule has 1 aliphatic heterocycles. The lowest BCUT2D eigenvalue weighted by atomic mass is 9.99. The van der Waals surface area contributed by atoms with Gasteiger partial charge in [-0.2, -0.15) is 10.2 Å². The molecule has 9 nitrogen and oxygen atoms in total. The van der Waals surface area contributed by atoms with Gasteiger partial charge in [0.15, 0.2) is 5.82 Å². The lowest BCUT2D eigenvalue weighted by molar-refractivity contribution is -0.125. The summed E-state index contributed by atoms with van der Waals surface area (Å²) in [7, 11) is 0. The first kappa shape index (κ1) is 17.2. The summed E-state index contributed by atoms with van der Waals surface area (Å²) in [6.45, 7) is 6.55. The smallest absolute Gasteiger partial charge is 0.226 e. The van der Waals surface area contributed by atoms with Gasteiger partial charge in [0, 0.05) is 43.8 Å². The lowest BCUT2D eigenvalue weighted by Gasteiger charge is -2.39. The average molecular weight is 366 g/mol. The maximum atomic E-state index is 12.3. The van der Waals surface area contributed by atoms with Gasteiger partial charge in [0.05, 0.1) is 18.2 Å². The molecule has 1 amide bonds. The van der Waals surface area contributed by atoms with Crippen LogP contribution in [0.25, 0.3) is 5.82 Å². The molecule has 4 rings (SSSR count). The number of anilines is 1. The molecule has 3 aromatic rings. The number of hydrogen-bond donors (Lipinski definition) is 1. The topological polar surface area (TPSA) is 93.8 Å². The highest BCUT2D eigenvalue weighted by molar-refractivity contribution is 5.81. The first-order chi connectivity index (χ1) is 13.1. The molecule has 0 saturated carbocycles. The molecular formula is C18H22N8O. The van der Waals surface area contributed by atoms with Gasteiger partial charge in [-0.05, 0) is 26.0 Å². The standard InChI is InChI=1S/C18H22N8O/c1-13-8-14(2)25(23-13)7-5-19-18(27)15-10-24(11-15)16-9-17(21-12-20-16)26-6-3-4-22-26/h3-4,6,8-9,12,15H,5,7,10-11H2,1-2H3,(H,19,27). The van der Waals surface area contributed by atoms with E-state index in [4.69, 9.17) is 0 Å². The van der Waals surface area contributed by atoms with E-state index in [2.05, 4.69) is 30.4 Å². The molecule has 1 aliphatic rings. The van der Waals surface area contributed by atoms with Crippen LogP contribution in [-0.4, -0.2) is 55.1 Å². The highest BCUT2D eigenvalue weighted by atomic mass is 16.2. The van der Waals surface area contributed by atoms with Crippen LogP contribution in [0.1, 0.15) is 11.4 Å². The molecule has 4 heterocycles. The van der Waals surface area contributed by atoms with Crippen LogP contribution in [0.2, 0.25) is 0 Å². The van der Waals surface area contributed by atoms with Crippen LogP contribution in [0.5, 0.6) is 0 Å². The number of aryl methyl sites for hydroxylation is 2. The third-order valence-electron chi connectivity index (χ3n) is 4.68. The predicted octanol–water partition coefficient (Wildman–Crippen LogP) is 0.728. The fraction of sp³-hybridized carbons (Fsp3) is 0.389. The molecule has 0 atom stereocenters. The molecule has 27 heavy (non-hydrogen) atoms. The van der Waals surface area contributed by atoms with Crippen molar-refractivity contribution in [3.05, 3.63) is 48.3 Å². The third-order valence-corrected chi connectivity index (χ3v) is 4.68. The Balaban J connectivity index is 1.27. The number of carbonyl (C=O) groups is 1. The van der Waals surface area contributed by atoms with Gasteiger partial charge in [-0.15, -0.1) is 0 Å². The minimum atomic E-state index is -0.0198. The molecule has 0 aromatic carbocycles. The third kappa shape index (κ3) is 3.67. The summed E-state index contributed by atoms with van der Waals surface area (Å²) in [5.74, 6) is 1.58. The van der Waals surface area contributed by atoms with E-state index in [9.17, 15) is 4.79 Å². The highest BCUT2D eigenvalue weighted by Crippen LogP contribution is 2.23. The molecule has 3 aromatic heterocycles. The second-order valence-corrected chi connectivity index (χ2v) is 6.73. The van der Waals surface area contributed by atoms with E-state index in [1.165, 1.54) is 6.33 Å². The zero-order valence-electron chi connectivity index (χ0n) is 15.4. The Kier molecular flexibility index (Phi) is 4.57. The summed E-state index contributed by atoms with van der Waals surface area (Å²) in [6.07, 6.45) is 5.06. The molecule has 0 bridgehead atoms. The first-order valence-electron chi connectivity index (χ1n) is 8.96. The highest BCUT2D eigenvalue weighted by Gasteiger charge is 2.33. The van der Waals surface area contributed by atoms with Gasteiger partial charge in [-0.3, -0.25) is 9.48 Å². The minimum Gasteiger partial charge on any atom is -0.355 e.